The van der Waals surface area contributed by atoms with Gasteiger partial charge in [0.15, 0.2) is 18.2 Å². The average Bonchev–Trinajstić information content (AvgIpc) is 1.76. The standard InChI is InChI=1S/C19H17ClN2O4S.C19H18N2O4S.C18H15ClN2O4S.C17H15FN2O2S.C17H15FN2OS.C16H12FN3O3S.ClH/c1-24-14-6-4-11(7-13(14)20)17(19(23)25-2)26-12-5-3-10-8-16(18(21)22)27-15(10)9-12;1-23-18(22)11-25-14-5-2-12(3-6-14)10-24-15-7-4-13-8-17(19(20)21)26-16(13)9-15;1-24-13-5-3-10(6-12(13)19)16(18(22)23)25-11-4-2-9-7-15(17(20)21)26-14(9)8-11;1-21-14-6-10(2-5-13(14)18)9-22-12-4-3-11-7-16(17(19)20)23-15(11)8-12;1-10-6-11(2-5-14(10)18)9-21-13-4-3-12-7-16(17(19)20)22-15(12)8-13;17-12-4-1-9(5-13(12)20(21)22)8-23-11-3-2-10-6-15(16(18)19)24-14(10)7-11;/h3-9,17H,1-2H3,(H3,21,22);2-9H,10-11H2,1H3,(H3,20,21);2-8,16H,1H3,(H3,20,21)(H,22,23);2-8H,9H2,1H3,(H3,19,20);2-8H,9H2,1H3,(H3,19,20);1-7H,8H2,(H3,18,19);1H. The Morgan fingerprint density at radius 2 is 0.658 bits per heavy atom. The van der Waals surface area contributed by atoms with Crippen molar-refractivity contribution in [2.75, 3.05) is 42.2 Å². The first-order chi connectivity index (χ1) is 70.9. The quantitative estimate of drug-likeness (QED) is 0.00597. The second-order valence-electron chi connectivity index (χ2n) is 31.7. The van der Waals surface area contributed by atoms with E-state index in [-0.39, 0.29) is 72.2 Å². The fourth-order valence-corrected chi connectivity index (χ4v) is 20.1. The number of hydrogen-bond donors (Lipinski definition) is 13. The number of carbonyl (C=O) groups is 3. The Hall–Kier alpha value is -16.3. The Kier molecular flexibility index (Phi) is 38.6. The monoisotopic (exact) mass is 2190 g/mol. The van der Waals surface area contributed by atoms with Crippen LogP contribution in [-0.2, 0) is 50.3 Å². The molecule has 12 aromatic carbocycles. The van der Waals surface area contributed by atoms with Gasteiger partial charge in [-0.1, -0.05) is 65.7 Å². The number of aryl methyl sites for hydroxylation is 1. The number of carboxylic acid groups (broad SMARTS) is 1. The molecule has 18 aromatic rings. The fourth-order valence-electron chi connectivity index (χ4n) is 13.9. The maximum absolute atomic E-state index is 13.4. The molecule has 18 rings (SSSR count). The zero-order valence-electron chi connectivity index (χ0n) is 79.6. The van der Waals surface area contributed by atoms with Crippen molar-refractivity contribution in [1.82, 2.24) is 0 Å². The van der Waals surface area contributed by atoms with Crippen molar-refractivity contribution in [3.63, 3.8) is 0 Å². The third-order valence-electron chi connectivity index (χ3n) is 21.4. The van der Waals surface area contributed by atoms with Gasteiger partial charge in [-0.2, -0.15) is 4.39 Å². The highest BCUT2D eigenvalue weighted by Crippen LogP contribution is 2.40. The maximum Gasteiger partial charge on any atom is 0.351 e. The summed E-state index contributed by atoms with van der Waals surface area (Å²) in [5.41, 5.74) is 37.3. The number of esters is 2. The predicted molar refractivity (Wildman–Crippen MR) is 585 cm³/mol. The lowest BCUT2D eigenvalue weighted by atomic mass is 10.1. The number of methoxy groups -OCH3 is 5. The van der Waals surface area contributed by atoms with E-state index in [0.29, 0.717) is 107 Å². The summed E-state index contributed by atoms with van der Waals surface area (Å²) < 4.78 is 110. The minimum atomic E-state index is -1.22. The number of nitrogen functional groups attached to an aromatic ring is 6. The van der Waals surface area contributed by atoms with Crippen LogP contribution in [0.5, 0.6) is 57.5 Å². The molecule has 0 spiro atoms. The molecule has 0 saturated heterocycles. The van der Waals surface area contributed by atoms with Crippen LogP contribution < -0.4 is 81.8 Å². The summed E-state index contributed by atoms with van der Waals surface area (Å²) in [6.45, 7) is 2.81. The van der Waals surface area contributed by atoms with Gasteiger partial charge < -0.3 is 96.4 Å². The molecule has 0 aliphatic heterocycles. The van der Waals surface area contributed by atoms with Gasteiger partial charge in [0, 0.05) is 45.4 Å². The van der Waals surface area contributed by atoms with Gasteiger partial charge in [-0.15, -0.1) is 80.4 Å². The number of nitro benzene ring substituents is 1. The molecular weight excluding hydrogens is 2100 g/mol. The molecule has 149 heavy (non-hydrogen) atoms. The molecule has 2 atom stereocenters. The van der Waals surface area contributed by atoms with Crippen LogP contribution in [0.1, 0.15) is 80.4 Å². The zero-order valence-corrected chi connectivity index (χ0v) is 86.8. The van der Waals surface area contributed by atoms with Crippen molar-refractivity contribution in [3.8, 4) is 57.5 Å². The van der Waals surface area contributed by atoms with Gasteiger partial charge in [0.2, 0.25) is 18.0 Å². The number of amidine groups is 6. The molecule has 0 bridgehead atoms. The molecule has 0 saturated carbocycles. The van der Waals surface area contributed by atoms with Crippen LogP contribution in [0.15, 0.2) is 261 Å². The van der Waals surface area contributed by atoms with Crippen molar-refractivity contribution in [3.05, 3.63) is 367 Å². The smallest absolute Gasteiger partial charge is 0.351 e. The van der Waals surface area contributed by atoms with Crippen LogP contribution in [-0.4, -0.2) is 105 Å². The van der Waals surface area contributed by atoms with Gasteiger partial charge in [-0.3, -0.25) is 42.6 Å². The van der Waals surface area contributed by atoms with Crippen LogP contribution in [0.3, 0.4) is 0 Å². The Morgan fingerprint density at radius 3 is 0.980 bits per heavy atom. The molecule has 0 fully saturated rings. The Balaban J connectivity index is 0.000000159. The van der Waals surface area contributed by atoms with E-state index in [0.717, 1.165) is 115 Å². The highest BCUT2D eigenvalue weighted by molar-refractivity contribution is 7.22. The number of aliphatic carboxylic acids is 1. The second kappa shape index (κ2) is 51.6. The Labute approximate surface area is 889 Å². The van der Waals surface area contributed by atoms with Crippen molar-refractivity contribution in [2.24, 2.45) is 34.4 Å². The lowest BCUT2D eigenvalue weighted by molar-refractivity contribution is -0.387. The van der Waals surface area contributed by atoms with Gasteiger partial charge in [0.05, 0.1) is 79.8 Å². The van der Waals surface area contributed by atoms with E-state index in [2.05, 4.69) is 4.74 Å². The highest BCUT2D eigenvalue weighted by atomic mass is 35.5. The molecule has 0 aliphatic carbocycles. The highest BCUT2D eigenvalue weighted by Gasteiger charge is 2.28. The van der Waals surface area contributed by atoms with Gasteiger partial charge in [-0.05, 0) is 279 Å². The number of ether oxygens (including phenoxy) is 12. The summed E-state index contributed by atoms with van der Waals surface area (Å²) in [4.78, 5) is 49.2. The molecule has 0 radical (unpaired) electrons. The minimum absolute atomic E-state index is 0. The van der Waals surface area contributed by atoms with Crippen molar-refractivity contribution >= 4 is 223 Å². The summed E-state index contributed by atoms with van der Waals surface area (Å²) in [5.74, 6) is 2.05. The van der Waals surface area contributed by atoms with Crippen LogP contribution in [0.4, 0.5) is 18.9 Å². The van der Waals surface area contributed by atoms with E-state index < -0.39 is 52.4 Å². The summed E-state index contributed by atoms with van der Waals surface area (Å²) in [6.07, 6.45) is -2.20. The fraction of sp³-hybridized carbons (Fsp3) is 0.123. The Morgan fingerprint density at radius 1 is 0.356 bits per heavy atom. The van der Waals surface area contributed by atoms with Crippen LogP contribution in [0, 0.1) is 66.9 Å². The molecule has 0 aliphatic rings. The number of nitro groups is 1. The number of hydrogen-bond acceptors (Lipinski definition) is 29. The maximum atomic E-state index is 13.4. The first-order valence-corrected chi connectivity index (χ1v) is 49.4. The van der Waals surface area contributed by atoms with E-state index in [1.807, 2.05) is 121 Å². The molecule has 2 unspecified atom stereocenters. The van der Waals surface area contributed by atoms with Crippen molar-refractivity contribution < 1.29 is 94.4 Å². The topological polar surface area (TPSA) is 525 Å². The molecular formula is C106H93Cl3F3N13O18S6. The number of thiophene rings is 6. The Bertz CT molecular complexity index is 8050. The number of rotatable bonds is 33. The SMILES string of the molecule is COC(=O)C(Oc1ccc2cc(C(=N)N)sc2c1)c1ccc(OC)c(Cl)c1.COC(=O)COc1ccc(COc2ccc3cc(C(=N)N)sc3c2)cc1.COc1cc(COc2ccc3cc(C(=N)N)sc3c2)ccc1F.COc1ccc(C(Oc2ccc3cc(C(=N)N)sc3c2)C(=O)O)cc1Cl.Cc1cc(COc2ccc3cc(C(=N)N)sc3c2)ccc1F.Cl.N=C(N)c1cc2ccc(OCc3ccc(F)c([N+](=O)[O-])c3)cc2s1. The third kappa shape index (κ3) is 30.0. The van der Waals surface area contributed by atoms with Gasteiger partial charge in [-0.25, -0.2) is 23.2 Å². The largest absolute Gasteiger partial charge is 0.495 e. The van der Waals surface area contributed by atoms with Crippen molar-refractivity contribution in [1.29, 1.82) is 32.5 Å². The van der Waals surface area contributed by atoms with Gasteiger partial charge in [0.1, 0.15) is 119 Å². The third-order valence-corrected chi connectivity index (χ3v) is 28.8. The number of nitrogens with two attached hydrogens (primary N) is 6. The first-order valence-electron chi connectivity index (χ1n) is 43.8. The second-order valence-corrected chi connectivity index (χ2v) is 39.1. The van der Waals surface area contributed by atoms with E-state index in [4.69, 9.17) is 142 Å². The summed E-state index contributed by atoms with van der Waals surface area (Å²) in [6, 6.07) is 74.7. The van der Waals surface area contributed by atoms with E-state index >= 15 is 0 Å². The normalized spacial score (nSPS) is 11.0. The lowest BCUT2D eigenvalue weighted by Gasteiger charge is -2.18. The zero-order chi connectivity index (χ0) is 106. The van der Waals surface area contributed by atoms with Crippen LogP contribution in [0.2, 0.25) is 10.0 Å². The van der Waals surface area contributed by atoms with E-state index in [1.165, 1.54) is 128 Å². The van der Waals surface area contributed by atoms with Crippen molar-refractivity contribution in [2.45, 2.75) is 45.6 Å². The summed E-state index contributed by atoms with van der Waals surface area (Å²) in [7, 11) is 7.05. The molecule has 0 amide bonds. The van der Waals surface area contributed by atoms with Crippen LogP contribution >= 0.6 is 104 Å². The first kappa shape index (κ1) is 111. The average molecular weight is 2190 g/mol. The lowest BCUT2D eigenvalue weighted by Crippen LogP contribution is -2.20. The van der Waals surface area contributed by atoms with Crippen LogP contribution in [0.25, 0.3) is 60.5 Å². The molecule has 43 heteroatoms. The number of benzene rings is 12. The summed E-state index contributed by atoms with van der Waals surface area (Å²) in [5, 5.41) is 71.9. The van der Waals surface area contributed by atoms with E-state index in [9.17, 15) is 42.8 Å². The minimum Gasteiger partial charge on any atom is -0.495 e. The number of halogens is 6. The molecule has 768 valence electrons. The number of nitrogens with one attached hydrogen (secondary N) is 6. The number of carboxylic acids is 1. The molecule has 31 nitrogen and oxygen atoms in total. The number of carbonyl (C=O) groups excluding carboxylic acids is 2. The predicted octanol–water partition coefficient (Wildman–Crippen LogP) is 23.9. The molecule has 19 N–H and O–H groups in total. The van der Waals surface area contributed by atoms with Gasteiger partial charge >= 0.3 is 23.6 Å². The number of fused-ring (bicyclic) bond motifs is 6. The molecule has 6 heterocycles. The summed E-state index contributed by atoms with van der Waals surface area (Å²) >= 11 is 20.8. The molecule has 6 aromatic heterocycles. The van der Waals surface area contributed by atoms with Gasteiger partial charge in [0.25, 0.3) is 0 Å². The number of nitrogens with zero attached hydrogens (tertiary/aromatic N) is 1. The van der Waals surface area contributed by atoms with E-state index in [1.54, 1.807) is 110 Å².